The Morgan fingerprint density at radius 2 is 2.35 bits per heavy atom. The Kier molecular flexibility index (Phi) is 4.77. The molecule has 0 bridgehead atoms. The van der Waals surface area contributed by atoms with Gasteiger partial charge in [0.2, 0.25) is 0 Å². The highest BCUT2D eigenvalue weighted by atomic mass is 16.5. The number of ether oxygens (including phenoxy) is 1. The fourth-order valence-electron chi connectivity index (χ4n) is 2.69. The van der Waals surface area contributed by atoms with E-state index in [1.807, 2.05) is 19.2 Å². The predicted octanol–water partition coefficient (Wildman–Crippen LogP) is 3.11. The highest BCUT2D eigenvalue weighted by Gasteiger charge is 2.19. The van der Waals surface area contributed by atoms with Gasteiger partial charge in [-0.25, -0.2) is 4.98 Å². The molecule has 0 saturated carbocycles. The number of carbonyl (C=O) groups is 1. The summed E-state index contributed by atoms with van der Waals surface area (Å²) < 4.78 is 5.00. The minimum absolute atomic E-state index is 0.0836. The van der Waals surface area contributed by atoms with E-state index in [4.69, 9.17) is 10.5 Å². The highest BCUT2D eigenvalue weighted by Crippen LogP contribution is 2.33. The lowest BCUT2D eigenvalue weighted by Crippen LogP contribution is -2.14. The minimum atomic E-state index is -0.0836. The Morgan fingerprint density at radius 1 is 1.55 bits per heavy atom. The van der Waals surface area contributed by atoms with Gasteiger partial charge in [0.1, 0.15) is 5.82 Å². The average molecular weight is 274 g/mol. The van der Waals surface area contributed by atoms with Crippen LogP contribution in [0.15, 0.2) is 18.3 Å². The number of rotatable bonds is 4. The van der Waals surface area contributed by atoms with E-state index in [9.17, 15) is 4.79 Å². The van der Waals surface area contributed by atoms with Crippen LogP contribution < -0.4 is 5.73 Å². The quantitative estimate of drug-likeness (QED) is 0.857. The summed E-state index contributed by atoms with van der Waals surface area (Å²) in [5.74, 6) is 0.877. The summed E-state index contributed by atoms with van der Waals surface area (Å²) in [5.41, 5.74) is 9.33. The molecule has 0 aliphatic heterocycles. The van der Waals surface area contributed by atoms with Crippen molar-refractivity contribution in [2.24, 2.45) is 5.92 Å². The zero-order chi connectivity index (χ0) is 14.5. The molecule has 0 amide bonds. The second kappa shape index (κ2) is 6.55. The summed E-state index contributed by atoms with van der Waals surface area (Å²) in [6.45, 7) is 4.36. The summed E-state index contributed by atoms with van der Waals surface area (Å²) in [7, 11) is 0. The molecule has 0 radical (unpaired) electrons. The van der Waals surface area contributed by atoms with E-state index in [2.05, 4.69) is 18.0 Å². The van der Waals surface area contributed by atoms with Crippen LogP contribution in [0, 0.1) is 12.8 Å². The van der Waals surface area contributed by atoms with Crippen LogP contribution in [0.2, 0.25) is 0 Å². The predicted molar refractivity (Wildman–Crippen MR) is 80.0 cm³/mol. The first-order valence-electron chi connectivity index (χ1n) is 7.17. The first kappa shape index (κ1) is 14.6. The zero-order valence-corrected chi connectivity index (χ0v) is 12.2. The van der Waals surface area contributed by atoms with Crippen molar-refractivity contribution in [2.45, 2.75) is 39.5 Å². The number of nitrogens with zero attached hydrogens (tertiary/aromatic N) is 1. The number of nitrogens with two attached hydrogens (primary N) is 1. The van der Waals surface area contributed by atoms with Crippen LogP contribution in [0.4, 0.5) is 5.82 Å². The van der Waals surface area contributed by atoms with Crippen LogP contribution in [0.5, 0.6) is 0 Å². The topological polar surface area (TPSA) is 65.2 Å². The van der Waals surface area contributed by atoms with Gasteiger partial charge in [0.15, 0.2) is 0 Å². The Bertz CT molecular complexity index is 523. The molecule has 1 aromatic heterocycles. The molecule has 0 saturated heterocycles. The summed E-state index contributed by atoms with van der Waals surface area (Å²) in [4.78, 5) is 15.7. The van der Waals surface area contributed by atoms with Crippen LogP contribution in [0.3, 0.4) is 0 Å². The van der Waals surface area contributed by atoms with Gasteiger partial charge in [-0.1, -0.05) is 6.08 Å². The number of esters is 1. The summed E-state index contributed by atoms with van der Waals surface area (Å²) >= 11 is 0. The van der Waals surface area contributed by atoms with E-state index in [-0.39, 0.29) is 5.97 Å². The van der Waals surface area contributed by atoms with Crippen molar-refractivity contribution in [2.75, 3.05) is 12.3 Å². The van der Waals surface area contributed by atoms with Gasteiger partial charge in [-0.15, -0.1) is 0 Å². The van der Waals surface area contributed by atoms with Gasteiger partial charge in [-0.05, 0) is 61.8 Å². The summed E-state index contributed by atoms with van der Waals surface area (Å²) in [6.07, 6.45) is 7.54. The molecule has 1 aromatic rings. The van der Waals surface area contributed by atoms with E-state index in [1.54, 1.807) is 0 Å². The zero-order valence-electron chi connectivity index (χ0n) is 12.2. The Morgan fingerprint density at radius 3 is 2.95 bits per heavy atom. The van der Waals surface area contributed by atoms with Crippen molar-refractivity contribution in [3.63, 3.8) is 0 Å². The van der Waals surface area contributed by atoms with Crippen molar-refractivity contribution in [3.05, 3.63) is 29.5 Å². The molecule has 4 heteroatoms. The molecule has 2 N–H and O–H groups in total. The molecule has 0 spiro atoms. The summed E-state index contributed by atoms with van der Waals surface area (Å²) in [6, 6.07) is 1.90. The Balaban J connectivity index is 2.00. The molecule has 2 rings (SSSR count). The lowest BCUT2D eigenvalue weighted by molar-refractivity contribution is -0.144. The highest BCUT2D eigenvalue weighted by molar-refractivity contribution is 5.71. The molecule has 4 nitrogen and oxygen atoms in total. The fraction of sp³-hybridized carbons (Fsp3) is 0.500. The van der Waals surface area contributed by atoms with Crippen molar-refractivity contribution in [3.8, 4) is 0 Å². The third-order valence-corrected chi connectivity index (χ3v) is 3.76. The van der Waals surface area contributed by atoms with Crippen LogP contribution in [-0.2, 0) is 9.53 Å². The minimum Gasteiger partial charge on any atom is -0.466 e. The number of pyridine rings is 1. The first-order chi connectivity index (χ1) is 9.60. The second-order valence-electron chi connectivity index (χ2n) is 5.30. The third kappa shape index (κ3) is 3.59. The molecule has 1 aliphatic carbocycles. The van der Waals surface area contributed by atoms with Crippen molar-refractivity contribution >= 4 is 17.4 Å². The fourth-order valence-corrected chi connectivity index (χ4v) is 2.69. The molecule has 108 valence electrons. The molecule has 1 heterocycles. The maximum atomic E-state index is 11.5. The largest absolute Gasteiger partial charge is 0.466 e. The Hall–Kier alpha value is -1.84. The van der Waals surface area contributed by atoms with Gasteiger partial charge in [0.25, 0.3) is 0 Å². The van der Waals surface area contributed by atoms with E-state index in [0.717, 1.165) is 24.8 Å². The Labute approximate surface area is 120 Å². The number of hydrogen-bond donors (Lipinski definition) is 1. The van der Waals surface area contributed by atoms with Gasteiger partial charge in [0.05, 0.1) is 6.61 Å². The van der Waals surface area contributed by atoms with Crippen molar-refractivity contribution in [1.82, 2.24) is 4.98 Å². The number of anilines is 1. The van der Waals surface area contributed by atoms with E-state index in [0.29, 0.717) is 24.8 Å². The maximum Gasteiger partial charge on any atom is 0.306 e. The van der Waals surface area contributed by atoms with Gasteiger partial charge >= 0.3 is 5.97 Å². The van der Waals surface area contributed by atoms with E-state index < -0.39 is 0 Å². The molecule has 1 unspecified atom stereocenters. The number of aromatic nitrogens is 1. The molecule has 1 aliphatic rings. The normalized spacial score (nSPS) is 18.5. The van der Waals surface area contributed by atoms with Gasteiger partial charge in [0, 0.05) is 12.6 Å². The molecule has 20 heavy (non-hydrogen) atoms. The molecular formula is C16H22N2O2. The van der Waals surface area contributed by atoms with Crippen LogP contribution >= 0.6 is 0 Å². The average Bonchev–Trinajstić information content (AvgIpc) is 2.40. The maximum absolute atomic E-state index is 11.5. The standard InChI is InChI=1S/C16H22N2O2/c1-3-20-16(19)9-12-4-6-13(7-5-12)14-10-18-15(17)8-11(14)2/h6,8,10,12H,3-5,7,9H2,1-2H3,(H2,17,18). The number of aryl methyl sites for hydroxylation is 1. The molecule has 0 aromatic carbocycles. The molecular weight excluding hydrogens is 252 g/mol. The lowest BCUT2D eigenvalue weighted by atomic mass is 9.84. The van der Waals surface area contributed by atoms with Crippen molar-refractivity contribution < 1.29 is 9.53 Å². The van der Waals surface area contributed by atoms with Crippen molar-refractivity contribution in [1.29, 1.82) is 0 Å². The smallest absolute Gasteiger partial charge is 0.306 e. The SMILES string of the molecule is CCOC(=O)CC1CC=C(c2cnc(N)cc2C)CC1. The van der Waals surface area contributed by atoms with Crippen LogP contribution in [0.1, 0.15) is 43.7 Å². The lowest BCUT2D eigenvalue weighted by Gasteiger charge is -2.22. The van der Waals surface area contributed by atoms with E-state index in [1.165, 1.54) is 11.1 Å². The number of allylic oxidation sites excluding steroid dienone is 2. The number of carbonyl (C=O) groups excluding carboxylic acids is 1. The first-order valence-corrected chi connectivity index (χ1v) is 7.17. The van der Waals surface area contributed by atoms with Crippen LogP contribution in [-0.4, -0.2) is 17.6 Å². The third-order valence-electron chi connectivity index (χ3n) is 3.76. The second-order valence-corrected chi connectivity index (χ2v) is 5.30. The number of hydrogen-bond acceptors (Lipinski definition) is 4. The monoisotopic (exact) mass is 274 g/mol. The van der Waals surface area contributed by atoms with Gasteiger partial charge in [-0.2, -0.15) is 0 Å². The number of nitrogen functional groups attached to an aromatic ring is 1. The van der Waals surface area contributed by atoms with Crippen LogP contribution in [0.25, 0.3) is 5.57 Å². The van der Waals surface area contributed by atoms with Gasteiger partial charge < -0.3 is 10.5 Å². The molecule has 0 fully saturated rings. The van der Waals surface area contributed by atoms with Gasteiger partial charge in [-0.3, -0.25) is 4.79 Å². The summed E-state index contributed by atoms with van der Waals surface area (Å²) in [5, 5.41) is 0. The van der Waals surface area contributed by atoms with E-state index >= 15 is 0 Å². The molecule has 1 atom stereocenters.